The summed E-state index contributed by atoms with van der Waals surface area (Å²) in [6, 6.07) is 9.28. The van der Waals surface area contributed by atoms with Crippen LogP contribution in [0.15, 0.2) is 35.4 Å². The average Bonchev–Trinajstić information content (AvgIpc) is 2.91. The van der Waals surface area contributed by atoms with Crippen LogP contribution in [0, 0.1) is 40.9 Å². The van der Waals surface area contributed by atoms with E-state index in [0.717, 1.165) is 23.7 Å². The van der Waals surface area contributed by atoms with Gasteiger partial charge < -0.3 is 0 Å². The van der Waals surface area contributed by atoms with Crippen molar-refractivity contribution in [2.75, 3.05) is 0 Å². The van der Waals surface area contributed by atoms with Gasteiger partial charge in [-0.1, -0.05) is 90.8 Å². The minimum absolute atomic E-state index is 0.235. The van der Waals surface area contributed by atoms with Gasteiger partial charge in [0.15, 0.2) is 0 Å². The van der Waals surface area contributed by atoms with Gasteiger partial charge in [0.1, 0.15) is 0 Å². The second kappa shape index (κ2) is 5.24. The summed E-state index contributed by atoms with van der Waals surface area (Å²) in [5.41, 5.74) is 7.42. The number of fused-ring (bicyclic) bond motifs is 4. The predicted molar refractivity (Wildman–Crippen MR) is 108 cm³/mol. The maximum Gasteiger partial charge on any atom is 0.0171 e. The van der Waals surface area contributed by atoms with Crippen molar-refractivity contribution in [2.45, 2.75) is 67.2 Å². The minimum Gasteiger partial charge on any atom is -0.0620 e. The van der Waals surface area contributed by atoms with Crippen LogP contribution in [0.5, 0.6) is 0 Å². The van der Waals surface area contributed by atoms with Crippen LogP contribution in [0.4, 0.5) is 0 Å². The summed E-state index contributed by atoms with van der Waals surface area (Å²) in [4.78, 5) is 0. The summed E-state index contributed by atoms with van der Waals surface area (Å²) in [5, 5.41) is 0. The summed E-state index contributed by atoms with van der Waals surface area (Å²) in [6.45, 7) is 20.3. The van der Waals surface area contributed by atoms with E-state index in [9.17, 15) is 0 Å². The van der Waals surface area contributed by atoms with E-state index in [1.54, 1.807) is 16.7 Å². The molecule has 3 aliphatic carbocycles. The van der Waals surface area contributed by atoms with Crippen molar-refractivity contribution in [2.24, 2.45) is 40.9 Å². The van der Waals surface area contributed by atoms with Gasteiger partial charge in [-0.15, -0.1) is 0 Å². The lowest BCUT2D eigenvalue weighted by Gasteiger charge is -2.62. The van der Waals surface area contributed by atoms with Gasteiger partial charge in [0, 0.05) is 5.41 Å². The highest BCUT2D eigenvalue weighted by Gasteiger charge is 2.60. The first kappa shape index (κ1) is 17.4. The fourth-order valence-electron chi connectivity index (χ4n) is 7.35. The fourth-order valence-corrected chi connectivity index (χ4v) is 7.35. The van der Waals surface area contributed by atoms with Crippen molar-refractivity contribution < 1.29 is 0 Å². The largest absolute Gasteiger partial charge is 0.0620 e. The molecule has 0 N–H and O–H groups in total. The molecular formula is C25H36. The molecule has 25 heavy (non-hydrogen) atoms. The molecule has 0 aliphatic heterocycles. The lowest BCUT2D eigenvalue weighted by atomic mass is 9.42. The van der Waals surface area contributed by atoms with Crippen LogP contribution in [0.25, 0.3) is 0 Å². The number of hydrogen-bond acceptors (Lipinski definition) is 0. The van der Waals surface area contributed by atoms with Crippen LogP contribution in [0.1, 0.15) is 66.5 Å². The van der Waals surface area contributed by atoms with Gasteiger partial charge in [-0.05, 0) is 58.5 Å². The number of benzene rings is 1. The number of rotatable bonds is 0. The van der Waals surface area contributed by atoms with E-state index in [4.69, 9.17) is 0 Å². The summed E-state index contributed by atoms with van der Waals surface area (Å²) in [5.74, 6) is 4.44. The molecule has 4 rings (SSSR count). The zero-order valence-electron chi connectivity index (χ0n) is 17.5. The summed E-state index contributed by atoms with van der Waals surface area (Å²) >= 11 is 0. The van der Waals surface area contributed by atoms with Crippen molar-refractivity contribution in [3.63, 3.8) is 0 Å². The Bertz CT molecular complexity index is 740. The van der Waals surface area contributed by atoms with Crippen molar-refractivity contribution in [3.05, 3.63) is 46.5 Å². The summed E-state index contributed by atoms with van der Waals surface area (Å²) in [7, 11) is 0. The second-order valence-corrected chi connectivity index (χ2v) is 10.1. The Morgan fingerprint density at radius 1 is 0.800 bits per heavy atom. The molecule has 0 aromatic heterocycles. The van der Waals surface area contributed by atoms with E-state index in [-0.39, 0.29) is 5.41 Å². The van der Waals surface area contributed by atoms with Gasteiger partial charge in [-0.2, -0.15) is 0 Å². The molecule has 0 bridgehead atoms. The van der Waals surface area contributed by atoms with E-state index in [0.29, 0.717) is 17.3 Å². The molecule has 0 heterocycles. The molecule has 3 aliphatic rings. The Labute approximate surface area is 155 Å². The molecule has 0 nitrogen and oxygen atoms in total. The zero-order chi connectivity index (χ0) is 18.3. The van der Waals surface area contributed by atoms with Crippen molar-refractivity contribution >= 4 is 0 Å². The van der Waals surface area contributed by atoms with Gasteiger partial charge in [0.25, 0.3) is 0 Å². The SMILES string of the molecule is CC1C2=C3Cc4ccccc4C3(C)C(C)C(C)C2(C)C(C)C(C)C1C. The predicted octanol–water partition coefficient (Wildman–Crippen LogP) is 6.65. The highest BCUT2D eigenvalue weighted by molar-refractivity contribution is 5.56. The molecule has 1 aromatic carbocycles. The maximum atomic E-state index is 2.61. The smallest absolute Gasteiger partial charge is 0.0171 e. The summed E-state index contributed by atoms with van der Waals surface area (Å²) in [6.07, 6.45) is 1.19. The molecule has 0 saturated heterocycles. The third-order valence-electron chi connectivity index (χ3n) is 9.89. The van der Waals surface area contributed by atoms with Gasteiger partial charge in [-0.25, -0.2) is 0 Å². The van der Waals surface area contributed by atoms with Crippen molar-refractivity contribution in [1.82, 2.24) is 0 Å². The van der Waals surface area contributed by atoms with E-state index >= 15 is 0 Å². The molecule has 0 amide bonds. The standard InChI is InChI=1S/C25H36/c1-14-15(2)17(4)24(7)18(5)19(6)25(8)21-12-10-9-11-20(21)13-22(25)23(24)16(14)3/h9-12,14-19H,13H2,1-8H3. The van der Waals surface area contributed by atoms with E-state index in [1.807, 2.05) is 5.57 Å². The molecule has 1 aromatic rings. The van der Waals surface area contributed by atoms with Gasteiger partial charge in [0.05, 0.1) is 0 Å². The minimum atomic E-state index is 0.235. The topological polar surface area (TPSA) is 0 Å². The molecule has 1 fully saturated rings. The lowest BCUT2D eigenvalue weighted by molar-refractivity contribution is -0.0211. The molecule has 8 unspecified atom stereocenters. The van der Waals surface area contributed by atoms with Gasteiger partial charge >= 0.3 is 0 Å². The van der Waals surface area contributed by atoms with E-state index in [1.165, 1.54) is 6.42 Å². The van der Waals surface area contributed by atoms with Crippen LogP contribution in [0.3, 0.4) is 0 Å². The van der Waals surface area contributed by atoms with Crippen LogP contribution >= 0.6 is 0 Å². The van der Waals surface area contributed by atoms with E-state index < -0.39 is 0 Å². The molecule has 1 saturated carbocycles. The van der Waals surface area contributed by atoms with Gasteiger partial charge in [0.2, 0.25) is 0 Å². The summed E-state index contributed by atoms with van der Waals surface area (Å²) < 4.78 is 0. The highest BCUT2D eigenvalue weighted by atomic mass is 14.6. The highest BCUT2D eigenvalue weighted by Crippen LogP contribution is 2.67. The first-order valence-corrected chi connectivity index (χ1v) is 10.5. The molecular weight excluding hydrogens is 300 g/mol. The normalized spacial score (nSPS) is 48.8. The Morgan fingerprint density at radius 3 is 2.12 bits per heavy atom. The first-order valence-electron chi connectivity index (χ1n) is 10.5. The molecule has 0 spiro atoms. The van der Waals surface area contributed by atoms with Gasteiger partial charge in [-0.3, -0.25) is 0 Å². The van der Waals surface area contributed by atoms with Crippen LogP contribution in [-0.2, 0) is 11.8 Å². The Balaban J connectivity index is 2.04. The average molecular weight is 337 g/mol. The van der Waals surface area contributed by atoms with Crippen LogP contribution < -0.4 is 0 Å². The second-order valence-electron chi connectivity index (χ2n) is 10.1. The van der Waals surface area contributed by atoms with Crippen molar-refractivity contribution in [1.29, 1.82) is 0 Å². The third kappa shape index (κ3) is 1.84. The number of allylic oxidation sites excluding steroid dienone is 2. The lowest BCUT2D eigenvalue weighted by Crippen LogP contribution is -2.56. The third-order valence-corrected chi connectivity index (χ3v) is 9.89. The molecule has 136 valence electrons. The Hall–Kier alpha value is -1.04. The Morgan fingerprint density at radius 2 is 1.44 bits per heavy atom. The van der Waals surface area contributed by atoms with Crippen molar-refractivity contribution in [3.8, 4) is 0 Å². The molecule has 8 atom stereocenters. The Kier molecular flexibility index (Phi) is 3.64. The number of hydrogen-bond donors (Lipinski definition) is 0. The molecule has 0 radical (unpaired) electrons. The first-order chi connectivity index (χ1) is 11.7. The van der Waals surface area contributed by atoms with E-state index in [2.05, 4.69) is 79.7 Å². The maximum absolute atomic E-state index is 2.61. The quantitative estimate of drug-likeness (QED) is 0.465. The monoisotopic (exact) mass is 336 g/mol. The van der Waals surface area contributed by atoms with Crippen LogP contribution in [0.2, 0.25) is 0 Å². The fraction of sp³-hybridized carbons (Fsp3) is 0.680. The zero-order valence-corrected chi connectivity index (χ0v) is 17.5. The van der Waals surface area contributed by atoms with Crippen LogP contribution in [-0.4, -0.2) is 0 Å². The molecule has 0 heteroatoms.